The molecule has 1 aromatic heterocycles. The van der Waals surface area contributed by atoms with Crippen LogP contribution in [0.2, 0.25) is 5.02 Å². The molecule has 2 atom stereocenters. The van der Waals surface area contributed by atoms with Gasteiger partial charge in [0.25, 0.3) is 0 Å². The summed E-state index contributed by atoms with van der Waals surface area (Å²) in [6.07, 6.45) is 8.46. The highest BCUT2D eigenvalue weighted by Gasteiger charge is 2.24. The van der Waals surface area contributed by atoms with E-state index in [4.69, 9.17) is 17.3 Å². The molecule has 6 nitrogen and oxygen atoms in total. The fraction of sp³-hybridized carbons (Fsp3) is 0.591. The maximum absolute atomic E-state index is 12.9. The summed E-state index contributed by atoms with van der Waals surface area (Å²) in [5.41, 5.74) is 7.03. The Balaban J connectivity index is 1.60. The van der Waals surface area contributed by atoms with Crippen LogP contribution in [0.15, 0.2) is 18.2 Å². The molecule has 0 aliphatic heterocycles. The van der Waals surface area contributed by atoms with E-state index in [0.717, 1.165) is 28.1 Å². The average molecular weight is 451 g/mol. The molecule has 3 rings (SSSR count). The molecule has 4 N–H and O–H groups in total. The SMILES string of the molecule is CCC(=O)N[C@@H](Cc1nc2ccc(Cl)cc2s1)C(=O)N[C@H](N)CCC1CCCCC1. The minimum atomic E-state index is -0.700. The lowest BCUT2D eigenvalue weighted by Crippen LogP contribution is -2.52. The van der Waals surface area contributed by atoms with Gasteiger partial charge in [-0.25, -0.2) is 4.98 Å². The van der Waals surface area contributed by atoms with Crippen molar-refractivity contribution in [3.63, 3.8) is 0 Å². The number of carbonyl (C=O) groups is 2. The van der Waals surface area contributed by atoms with Crippen LogP contribution >= 0.6 is 22.9 Å². The molecular weight excluding hydrogens is 420 g/mol. The number of nitrogens with one attached hydrogen (secondary N) is 2. The first kappa shape index (κ1) is 23.0. The molecule has 1 aliphatic carbocycles. The van der Waals surface area contributed by atoms with E-state index in [1.807, 2.05) is 12.1 Å². The number of nitrogens with two attached hydrogens (primary N) is 1. The number of amides is 2. The van der Waals surface area contributed by atoms with E-state index in [2.05, 4.69) is 15.6 Å². The van der Waals surface area contributed by atoms with E-state index in [1.165, 1.54) is 43.4 Å². The molecule has 0 unspecified atom stereocenters. The van der Waals surface area contributed by atoms with Gasteiger partial charge < -0.3 is 16.4 Å². The Morgan fingerprint density at radius 2 is 2.03 bits per heavy atom. The monoisotopic (exact) mass is 450 g/mol. The Morgan fingerprint density at radius 3 is 2.77 bits per heavy atom. The smallest absolute Gasteiger partial charge is 0.244 e. The standard InChI is InChI=1S/C22H31ClN4O2S/c1-2-20(28)25-17(13-21-26-16-10-9-15(23)12-18(16)30-21)22(29)27-19(24)11-8-14-6-4-3-5-7-14/h9-10,12,14,17,19H,2-8,11,13,24H2,1H3,(H,25,28)(H,27,29)/t17-,19-/m0/s1. The normalized spacial score (nSPS) is 16.9. The van der Waals surface area contributed by atoms with Gasteiger partial charge >= 0.3 is 0 Å². The molecule has 164 valence electrons. The summed E-state index contributed by atoms with van der Waals surface area (Å²) in [6.45, 7) is 1.76. The maximum atomic E-state index is 12.9. The van der Waals surface area contributed by atoms with E-state index < -0.39 is 12.2 Å². The predicted molar refractivity (Wildman–Crippen MR) is 122 cm³/mol. The topological polar surface area (TPSA) is 97.1 Å². The Morgan fingerprint density at radius 1 is 1.27 bits per heavy atom. The molecule has 1 aromatic carbocycles. The van der Waals surface area contributed by atoms with E-state index in [9.17, 15) is 9.59 Å². The number of hydrogen-bond acceptors (Lipinski definition) is 5. The van der Waals surface area contributed by atoms with Gasteiger partial charge in [0.1, 0.15) is 6.04 Å². The van der Waals surface area contributed by atoms with Crippen molar-refractivity contribution in [1.29, 1.82) is 0 Å². The van der Waals surface area contributed by atoms with Crippen LogP contribution in [0.5, 0.6) is 0 Å². The highest BCUT2D eigenvalue weighted by atomic mass is 35.5. The van der Waals surface area contributed by atoms with Crippen molar-refractivity contribution in [3.05, 3.63) is 28.2 Å². The first-order valence-corrected chi connectivity index (χ1v) is 12.0. The maximum Gasteiger partial charge on any atom is 0.244 e. The van der Waals surface area contributed by atoms with Crippen molar-refractivity contribution in [3.8, 4) is 0 Å². The largest absolute Gasteiger partial charge is 0.344 e. The highest BCUT2D eigenvalue weighted by Crippen LogP contribution is 2.28. The zero-order valence-corrected chi connectivity index (χ0v) is 19.0. The Kier molecular flexibility index (Phi) is 8.48. The van der Waals surface area contributed by atoms with Crippen LogP contribution in [0.1, 0.15) is 63.3 Å². The van der Waals surface area contributed by atoms with Crippen LogP contribution in [0, 0.1) is 5.92 Å². The van der Waals surface area contributed by atoms with Gasteiger partial charge in [0.15, 0.2) is 0 Å². The number of nitrogens with zero attached hydrogens (tertiary/aromatic N) is 1. The van der Waals surface area contributed by atoms with E-state index in [0.29, 0.717) is 23.8 Å². The van der Waals surface area contributed by atoms with E-state index >= 15 is 0 Å². The molecule has 0 saturated heterocycles. The minimum Gasteiger partial charge on any atom is -0.344 e. The number of thiazole rings is 1. The second kappa shape index (κ2) is 11.1. The van der Waals surface area contributed by atoms with Gasteiger partial charge in [-0.1, -0.05) is 50.6 Å². The number of aromatic nitrogens is 1. The fourth-order valence-electron chi connectivity index (χ4n) is 3.96. The third-order valence-electron chi connectivity index (χ3n) is 5.68. The van der Waals surface area contributed by atoms with Gasteiger partial charge in [-0.3, -0.25) is 9.59 Å². The molecule has 2 aromatic rings. The lowest BCUT2D eigenvalue weighted by Gasteiger charge is -2.24. The van der Waals surface area contributed by atoms with E-state index in [1.54, 1.807) is 13.0 Å². The number of carbonyl (C=O) groups excluding carboxylic acids is 2. The molecule has 8 heteroatoms. The first-order chi connectivity index (χ1) is 14.4. The summed E-state index contributed by atoms with van der Waals surface area (Å²) in [5.74, 6) is 0.284. The van der Waals surface area contributed by atoms with Crippen molar-refractivity contribution >= 4 is 45.0 Å². The molecule has 1 heterocycles. The third-order valence-corrected chi connectivity index (χ3v) is 6.96. The number of benzene rings is 1. The predicted octanol–water partition coefficient (Wildman–Crippen LogP) is 4.15. The molecule has 0 spiro atoms. The van der Waals surface area contributed by atoms with Crippen molar-refractivity contribution in [1.82, 2.24) is 15.6 Å². The number of hydrogen-bond donors (Lipinski definition) is 3. The first-order valence-electron chi connectivity index (χ1n) is 10.8. The van der Waals surface area contributed by atoms with Crippen LogP contribution in [0.4, 0.5) is 0 Å². The van der Waals surface area contributed by atoms with E-state index in [-0.39, 0.29) is 11.8 Å². The van der Waals surface area contributed by atoms with Crippen molar-refractivity contribution in [2.45, 2.75) is 76.9 Å². The van der Waals surface area contributed by atoms with Crippen LogP contribution in [-0.4, -0.2) is 29.0 Å². The second-order valence-electron chi connectivity index (χ2n) is 8.09. The Hall–Kier alpha value is -1.70. The van der Waals surface area contributed by atoms with Crippen molar-refractivity contribution in [2.24, 2.45) is 11.7 Å². The summed E-state index contributed by atoms with van der Waals surface area (Å²) < 4.78 is 0.961. The van der Waals surface area contributed by atoms with Crippen LogP contribution < -0.4 is 16.4 Å². The molecular formula is C22H31ClN4O2S. The molecule has 0 bridgehead atoms. The number of fused-ring (bicyclic) bond motifs is 1. The molecule has 1 saturated carbocycles. The number of halogens is 1. The van der Waals surface area contributed by atoms with Gasteiger partial charge in [-0.2, -0.15) is 0 Å². The van der Waals surface area contributed by atoms with Crippen molar-refractivity contribution in [2.75, 3.05) is 0 Å². The van der Waals surface area contributed by atoms with Gasteiger partial charge in [0.2, 0.25) is 11.8 Å². The highest BCUT2D eigenvalue weighted by molar-refractivity contribution is 7.18. The second-order valence-corrected chi connectivity index (χ2v) is 9.65. The van der Waals surface area contributed by atoms with Gasteiger partial charge in [-0.15, -0.1) is 11.3 Å². The molecule has 1 fully saturated rings. The third kappa shape index (κ3) is 6.65. The van der Waals surface area contributed by atoms with Crippen LogP contribution in [0.25, 0.3) is 10.2 Å². The van der Waals surface area contributed by atoms with Gasteiger partial charge in [-0.05, 0) is 37.0 Å². The Bertz CT molecular complexity index is 866. The van der Waals surface area contributed by atoms with Gasteiger partial charge in [0.05, 0.1) is 21.4 Å². The van der Waals surface area contributed by atoms with Crippen LogP contribution in [-0.2, 0) is 16.0 Å². The molecule has 2 amide bonds. The summed E-state index contributed by atoms with van der Waals surface area (Å²) in [6, 6.07) is 4.81. The summed E-state index contributed by atoms with van der Waals surface area (Å²) in [7, 11) is 0. The fourth-order valence-corrected chi connectivity index (χ4v) is 5.25. The lowest BCUT2D eigenvalue weighted by atomic mass is 9.86. The summed E-state index contributed by atoms with van der Waals surface area (Å²) in [5, 5.41) is 7.13. The lowest BCUT2D eigenvalue weighted by molar-refractivity contribution is -0.129. The molecule has 1 aliphatic rings. The molecule has 0 radical (unpaired) electrons. The van der Waals surface area contributed by atoms with Gasteiger partial charge in [0, 0.05) is 17.9 Å². The zero-order valence-electron chi connectivity index (χ0n) is 17.5. The minimum absolute atomic E-state index is 0.171. The van der Waals surface area contributed by atoms with Crippen LogP contribution in [0.3, 0.4) is 0 Å². The van der Waals surface area contributed by atoms with Crippen molar-refractivity contribution < 1.29 is 9.59 Å². The summed E-state index contributed by atoms with van der Waals surface area (Å²) >= 11 is 7.54. The zero-order chi connectivity index (χ0) is 21.5. The summed E-state index contributed by atoms with van der Waals surface area (Å²) in [4.78, 5) is 29.5. The number of rotatable bonds is 9. The quantitative estimate of drug-likeness (QED) is 0.500. The molecule has 30 heavy (non-hydrogen) atoms. The Labute approximate surface area is 187 Å². The average Bonchev–Trinajstić information content (AvgIpc) is 3.13.